The van der Waals surface area contributed by atoms with Gasteiger partial charge < -0.3 is 10.6 Å². The van der Waals surface area contributed by atoms with Crippen molar-refractivity contribution in [1.82, 2.24) is 4.98 Å². The predicted octanol–water partition coefficient (Wildman–Crippen LogP) is 2.84. The Morgan fingerprint density at radius 2 is 2.19 bits per heavy atom. The molecule has 0 aromatic carbocycles. The van der Waals surface area contributed by atoms with Gasteiger partial charge in [-0.1, -0.05) is 0 Å². The van der Waals surface area contributed by atoms with Gasteiger partial charge in [-0.2, -0.15) is 11.3 Å². The Balaban J connectivity index is 1.85. The monoisotopic (exact) mass is 233 g/mol. The van der Waals surface area contributed by atoms with Crippen LogP contribution in [0.3, 0.4) is 0 Å². The average Bonchev–Trinajstić information content (AvgIpc) is 2.82. The van der Waals surface area contributed by atoms with Gasteiger partial charge >= 0.3 is 0 Å². The lowest BCUT2D eigenvalue weighted by Gasteiger charge is -2.06. The van der Waals surface area contributed by atoms with E-state index in [0.29, 0.717) is 0 Å². The van der Waals surface area contributed by atoms with Crippen LogP contribution >= 0.6 is 11.3 Å². The summed E-state index contributed by atoms with van der Waals surface area (Å²) in [6.45, 7) is 0.936. The van der Waals surface area contributed by atoms with Crippen LogP contribution in [0.1, 0.15) is 5.56 Å². The van der Waals surface area contributed by atoms with Gasteiger partial charge in [-0.05, 0) is 34.9 Å². The average molecular weight is 233 g/mol. The number of anilines is 2. The molecule has 0 aliphatic rings. The largest absolute Gasteiger partial charge is 0.387 e. The van der Waals surface area contributed by atoms with Gasteiger partial charge in [0, 0.05) is 13.6 Å². The van der Waals surface area contributed by atoms with E-state index < -0.39 is 0 Å². The van der Waals surface area contributed by atoms with Crippen LogP contribution < -0.4 is 10.6 Å². The van der Waals surface area contributed by atoms with Crippen LogP contribution in [0.15, 0.2) is 35.3 Å². The maximum atomic E-state index is 4.15. The lowest BCUT2D eigenvalue weighted by molar-refractivity contribution is 1.02. The van der Waals surface area contributed by atoms with E-state index in [2.05, 4.69) is 38.5 Å². The maximum Gasteiger partial charge on any atom is 0.0547 e. The molecule has 0 radical (unpaired) electrons. The van der Waals surface area contributed by atoms with Crippen LogP contribution in [0.5, 0.6) is 0 Å². The first-order valence-corrected chi connectivity index (χ1v) is 6.20. The van der Waals surface area contributed by atoms with E-state index in [-0.39, 0.29) is 0 Å². The van der Waals surface area contributed by atoms with E-state index >= 15 is 0 Å². The highest BCUT2D eigenvalue weighted by atomic mass is 32.1. The second-order valence-electron chi connectivity index (χ2n) is 3.52. The Kier molecular flexibility index (Phi) is 3.77. The van der Waals surface area contributed by atoms with Crippen LogP contribution in [0, 0.1) is 0 Å². The Labute approximate surface area is 99.5 Å². The van der Waals surface area contributed by atoms with Crippen molar-refractivity contribution in [3.8, 4) is 0 Å². The molecule has 0 saturated heterocycles. The number of nitrogens with one attached hydrogen (secondary N) is 2. The third kappa shape index (κ3) is 2.97. The zero-order chi connectivity index (χ0) is 11.2. The van der Waals surface area contributed by atoms with E-state index in [1.807, 2.05) is 19.4 Å². The number of hydrogen-bond acceptors (Lipinski definition) is 4. The minimum absolute atomic E-state index is 0.936. The van der Waals surface area contributed by atoms with Crippen molar-refractivity contribution in [3.63, 3.8) is 0 Å². The number of thiophene rings is 1. The SMILES string of the molecule is CNc1cncc(NCCc2ccsc2)c1. The number of aromatic nitrogens is 1. The molecule has 2 N–H and O–H groups in total. The van der Waals surface area contributed by atoms with Crippen LogP contribution in [-0.4, -0.2) is 18.6 Å². The Hall–Kier alpha value is -1.55. The summed E-state index contributed by atoms with van der Waals surface area (Å²) in [6.07, 6.45) is 4.70. The first-order chi connectivity index (χ1) is 7.88. The number of rotatable bonds is 5. The second-order valence-corrected chi connectivity index (χ2v) is 4.30. The van der Waals surface area contributed by atoms with Gasteiger partial charge in [0.1, 0.15) is 0 Å². The summed E-state index contributed by atoms with van der Waals surface area (Å²) >= 11 is 1.74. The van der Waals surface area contributed by atoms with Gasteiger partial charge in [-0.3, -0.25) is 4.98 Å². The zero-order valence-corrected chi connectivity index (χ0v) is 10.1. The summed E-state index contributed by atoms with van der Waals surface area (Å²) in [6, 6.07) is 4.22. The summed E-state index contributed by atoms with van der Waals surface area (Å²) in [4.78, 5) is 4.15. The summed E-state index contributed by atoms with van der Waals surface area (Å²) in [5.74, 6) is 0. The van der Waals surface area contributed by atoms with E-state index in [4.69, 9.17) is 0 Å². The molecule has 0 spiro atoms. The molecule has 2 aromatic heterocycles. The molecule has 0 fully saturated rings. The zero-order valence-electron chi connectivity index (χ0n) is 9.23. The maximum absolute atomic E-state index is 4.15. The molecule has 0 aliphatic heterocycles. The topological polar surface area (TPSA) is 37.0 Å². The fourth-order valence-electron chi connectivity index (χ4n) is 1.46. The molecule has 16 heavy (non-hydrogen) atoms. The van der Waals surface area contributed by atoms with Gasteiger partial charge in [0.15, 0.2) is 0 Å². The lowest BCUT2D eigenvalue weighted by Crippen LogP contribution is -2.04. The third-order valence-corrected chi connectivity index (χ3v) is 3.08. The summed E-state index contributed by atoms with van der Waals surface area (Å²) < 4.78 is 0. The highest BCUT2D eigenvalue weighted by Crippen LogP contribution is 2.12. The molecule has 0 bridgehead atoms. The molecule has 0 aliphatic carbocycles. The summed E-state index contributed by atoms with van der Waals surface area (Å²) in [7, 11) is 1.89. The molecule has 84 valence electrons. The molecule has 3 nitrogen and oxygen atoms in total. The lowest BCUT2D eigenvalue weighted by atomic mass is 10.2. The van der Waals surface area contributed by atoms with Crippen molar-refractivity contribution >= 4 is 22.7 Å². The Morgan fingerprint density at radius 1 is 1.31 bits per heavy atom. The van der Waals surface area contributed by atoms with Gasteiger partial charge in [-0.15, -0.1) is 0 Å². The molecular weight excluding hydrogens is 218 g/mol. The van der Waals surface area contributed by atoms with Crippen molar-refractivity contribution in [2.75, 3.05) is 24.2 Å². The standard InChI is InChI=1S/C12H15N3S/c1-13-11-6-12(8-14-7-11)15-4-2-10-3-5-16-9-10/h3,5-9,13,15H,2,4H2,1H3. The fourth-order valence-corrected chi connectivity index (χ4v) is 2.16. The predicted molar refractivity (Wildman–Crippen MR) is 70.3 cm³/mol. The van der Waals surface area contributed by atoms with E-state index in [1.165, 1.54) is 5.56 Å². The number of pyridine rings is 1. The van der Waals surface area contributed by atoms with E-state index in [0.717, 1.165) is 24.3 Å². The normalized spacial score (nSPS) is 10.1. The molecule has 2 aromatic rings. The second kappa shape index (κ2) is 5.51. The van der Waals surface area contributed by atoms with Crippen molar-refractivity contribution in [2.24, 2.45) is 0 Å². The van der Waals surface area contributed by atoms with Gasteiger partial charge in [0.25, 0.3) is 0 Å². The molecule has 2 heterocycles. The highest BCUT2D eigenvalue weighted by molar-refractivity contribution is 7.07. The van der Waals surface area contributed by atoms with Gasteiger partial charge in [-0.25, -0.2) is 0 Å². The molecular formula is C12H15N3S. The third-order valence-electron chi connectivity index (χ3n) is 2.35. The van der Waals surface area contributed by atoms with Crippen LogP contribution in [0.2, 0.25) is 0 Å². The van der Waals surface area contributed by atoms with Crippen LogP contribution in [0.25, 0.3) is 0 Å². The minimum Gasteiger partial charge on any atom is -0.387 e. The fraction of sp³-hybridized carbons (Fsp3) is 0.250. The van der Waals surface area contributed by atoms with Crippen molar-refractivity contribution in [3.05, 3.63) is 40.8 Å². The van der Waals surface area contributed by atoms with Gasteiger partial charge in [0.05, 0.1) is 23.8 Å². The number of hydrogen-bond donors (Lipinski definition) is 2. The molecule has 0 atom stereocenters. The number of nitrogens with zero attached hydrogens (tertiary/aromatic N) is 1. The first kappa shape index (κ1) is 11.0. The van der Waals surface area contributed by atoms with Crippen molar-refractivity contribution in [1.29, 1.82) is 0 Å². The highest BCUT2D eigenvalue weighted by Gasteiger charge is 1.96. The molecule has 0 amide bonds. The smallest absolute Gasteiger partial charge is 0.0547 e. The van der Waals surface area contributed by atoms with Crippen LogP contribution in [-0.2, 0) is 6.42 Å². The Morgan fingerprint density at radius 3 is 2.94 bits per heavy atom. The Bertz CT molecular complexity index is 426. The molecule has 4 heteroatoms. The molecule has 0 saturated carbocycles. The minimum atomic E-state index is 0.936. The summed E-state index contributed by atoms with van der Waals surface area (Å²) in [5.41, 5.74) is 3.47. The quantitative estimate of drug-likeness (QED) is 0.834. The molecule has 0 unspecified atom stereocenters. The van der Waals surface area contributed by atoms with E-state index in [9.17, 15) is 0 Å². The van der Waals surface area contributed by atoms with Crippen LogP contribution in [0.4, 0.5) is 11.4 Å². The first-order valence-electron chi connectivity index (χ1n) is 5.26. The molecule has 2 rings (SSSR count). The van der Waals surface area contributed by atoms with Crippen molar-refractivity contribution in [2.45, 2.75) is 6.42 Å². The van der Waals surface area contributed by atoms with E-state index in [1.54, 1.807) is 11.3 Å². The summed E-state index contributed by atoms with van der Waals surface area (Å²) in [5, 5.41) is 10.7. The van der Waals surface area contributed by atoms with Gasteiger partial charge in [0.2, 0.25) is 0 Å². The van der Waals surface area contributed by atoms with Crippen molar-refractivity contribution < 1.29 is 0 Å².